The van der Waals surface area contributed by atoms with Crippen molar-refractivity contribution >= 4 is 17.4 Å². The van der Waals surface area contributed by atoms with Crippen LogP contribution in [0.2, 0.25) is 0 Å². The average molecular weight is 645 g/mol. The molecule has 4 aromatic carbocycles. The topological polar surface area (TPSA) is 35.1 Å². The Morgan fingerprint density at radius 2 is 1.40 bits per heavy atom. The van der Waals surface area contributed by atoms with Crippen molar-refractivity contribution in [2.75, 3.05) is 6.26 Å². The first-order valence-electron chi connectivity index (χ1n) is 16.1. The van der Waals surface area contributed by atoms with E-state index in [9.17, 15) is 4.39 Å². The monoisotopic (exact) mass is 644 g/mol. The summed E-state index contributed by atoms with van der Waals surface area (Å²) in [6, 6.07) is 40.7. The van der Waals surface area contributed by atoms with Crippen LogP contribution in [0.5, 0.6) is 0 Å². The second-order valence-corrected chi connectivity index (χ2v) is 12.9. The summed E-state index contributed by atoms with van der Waals surface area (Å²) in [4.78, 5) is 5.94. The van der Waals surface area contributed by atoms with E-state index in [1.54, 1.807) is 11.8 Å². The van der Waals surface area contributed by atoms with Crippen molar-refractivity contribution < 1.29 is 4.39 Å². The molecule has 48 heavy (non-hydrogen) atoms. The van der Waals surface area contributed by atoms with E-state index in [0.717, 1.165) is 56.8 Å². The van der Waals surface area contributed by atoms with Crippen molar-refractivity contribution in [1.82, 2.24) is 19.2 Å². The van der Waals surface area contributed by atoms with Gasteiger partial charge in [-0.15, -0.1) is 11.8 Å². The van der Waals surface area contributed by atoms with Gasteiger partial charge in [0.25, 0.3) is 0 Å². The largest absolute Gasteiger partial charge is 0.299 e. The van der Waals surface area contributed by atoms with Crippen molar-refractivity contribution in [3.8, 4) is 33.6 Å². The first kappa shape index (κ1) is 29.9. The van der Waals surface area contributed by atoms with Gasteiger partial charge in [0.1, 0.15) is 22.7 Å². The molecular formula is C42H33FN4S. The Morgan fingerprint density at radius 3 is 2.04 bits per heavy atom. The van der Waals surface area contributed by atoms with Crippen LogP contribution < -0.4 is 0 Å². The number of nitrogens with zero attached hydrogens (tertiary/aromatic N) is 4. The number of halogens is 1. The minimum absolute atomic E-state index is 0.0769. The summed E-state index contributed by atoms with van der Waals surface area (Å²) < 4.78 is 18.5. The van der Waals surface area contributed by atoms with Crippen molar-refractivity contribution in [2.45, 2.75) is 16.9 Å². The summed E-state index contributed by atoms with van der Waals surface area (Å²) in [5, 5.41) is 5.46. The van der Waals surface area contributed by atoms with Crippen LogP contribution in [0.15, 0.2) is 169 Å². The van der Waals surface area contributed by atoms with Gasteiger partial charge in [-0.2, -0.15) is 5.10 Å². The number of benzene rings is 4. The molecule has 0 spiro atoms. The molecule has 0 saturated carbocycles. The number of hydrogen-bond donors (Lipinski definition) is 0. The first-order valence-corrected chi connectivity index (χ1v) is 17.3. The third-order valence-electron chi connectivity index (χ3n) is 9.34. The first-order chi connectivity index (χ1) is 23.6. The molecule has 1 aliphatic carbocycles. The predicted molar refractivity (Wildman–Crippen MR) is 194 cm³/mol. The van der Waals surface area contributed by atoms with Gasteiger partial charge in [-0.05, 0) is 72.3 Å². The van der Waals surface area contributed by atoms with E-state index < -0.39 is 5.54 Å². The average Bonchev–Trinajstić information content (AvgIpc) is 3.79. The lowest BCUT2D eigenvalue weighted by molar-refractivity contribution is 0.293. The molecule has 0 saturated heterocycles. The second-order valence-electron chi connectivity index (χ2n) is 12.0. The van der Waals surface area contributed by atoms with Crippen LogP contribution in [0.1, 0.15) is 17.5 Å². The fraction of sp³-hybridized carbons (Fsp3) is 0.0952. The van der Waals surface area contributed by atoms with Crippen molar-refractivity contribution in [1.29, 1.82) is 0 Å². The molecule has 0 aliphatic heterocycles. The minimum Gasteiger partial charge on any atom is -0.299 e. The zero-order valence-corrected chi connectivity index (χ0v) is 27.3. The van der Waals surface area contributed by atoms with Crippen LogP contribution >= 0.6 is 11.8 Å². The molecule has 8 rings (SSSR count). The number of fused-ring (bicyclic) bond motifs is 1. The zero-order valence-electron chi connectivity index (χ0n) is 26.4. The maximum absolute atomic E-state index is 14.2. The van der Waals surface area contributed by atoms with Gasteiger partial charge < -0.3 is 0 Å². The van der Waals surface area contributed by atoms with Crippen LogP contribution in [0.4, 0.5) is 4.39 Å². The highest BCUT2D eigenvalue weighted by atomic mass is 32.2. The molecule has 7 aromatic rings. The molecule has 0 bridgehead atoms. The number of hydrogen-bond acceptors (Lipinski definition) is 3. The van der Waals surface area contributed by atoms with E-state index >= 15 is 0 Å². The van der Waals surface area contributed by atoms with E-state index in [-0.39, 0.29) is 11.7 Å². The number of thioether (sulfide) groups is 1. The van der Waals surface area contributed by atoms with Gasteiger partial charge in [-0.1, -0.05) is 97.1 Å². The summed E-state index contributed by atoms with van der Waals surface area (Å²) in [6.07, 6.45) is 18.0. The Balaban J connectivity index is 1.39. The summed E-state index contributed by atoms with van der Waals surface area (Å²) in [5.74, 6) is -0.202. The summed E-state index contributed by atoms with van der Waals surface area (Å²) >= 11 is 1.73. The lowest BCUT2D eigenvalue weighted by Crippen LogP contribution is -2.43. The van der Waals surface area contributed by atoms with Crippen LogP contribution in [0.25, 0.3) is 39.3 Å². The molecule has 4 nitrogen and oxygen atoms in total. The number of allylic oxidation sites excluding steroid dienone is 4. The Bertz CT molecular complexity index is 2210. The number of pyridine rings is 1. The van der Waals surface area contributed by atoms with Crippen LogP contribution in [0.3, 0.4) is 0 Å². The van der Waals surface area contributed by atoms with E-state index in [0.29, 0.717) is 0 Å². The summed E-state index contributed by atoms with van der Waals surface area (Å²) in [6.45, 7) is 0. The minimum atomic E-state index is -0.667. The van der Waals surface area contributed by atoms with E-state index in [4.69, 9.17) is 10.1 Å². The quantitative estimate of drug-likeness (QED) is 0.154. The van der Waals surface area contributed by atoms with Gasteiger partial charge in [0.15, 0.2) is 0 Å². The third-order valence-corrected chi connectivity index (χ3v) is 10.1. The normalized spacial score (nSPS) is 14.5. The molecule has 0 N–H and O–H groups in total. The molecule has 0 radical (unpaired) electrons. The molecule has 6 heteroatoms. The van der Waals surface area contributed by atoms with E-state index in [1.165, 1.54) is 17.0 Å². The van der Waals surface area contributed by atoms with Gasteiger partial charge >= 0.3 is 0 Å². The zero-order chi connectivity index (χ0) is 32.5. The van der Waals surface area contributed by atoms with Gasteiger partial charge in [-0.25, -0.2) is 9.37 Å². The van der Waals surface area contributed by atoms with Gasteiger partial charge in [0.05, 0.1) is 11.9 Å². The Hall–Kier alpha value is -5.46. The van der Waals surface area contributed by atoms with E-state index in [1.807, 2.05) is 18.3 Å². The molecule has 3 aromatic heterocycles. The van der Waals surface area contributed by atoms with Crippen molar-refractivity contribution in [2.24, 2.45) is 5.92 Å². The van der Waals surface area contributed by atoms with Crippen molar-refractivity contribution in [3.05, 3.63) is 181 Å². The lowest BCUT2D eigenvalue weighted by Gasteiger charge is -2.41. The molecule has 1 aliphatic rings. The number of aromatic nitrogens is 4. The molecule has 0 fully saturated rings. The maximum Gasteiger partial charge on any atom is 0.137 e. The maximum atomic E-state index is 14.2. The molecular weight excluding hydrogens is 612 g/mol. The standard InChI is InChI=1S/C42H33FN4S/c1-48-37-24-19-30(20-25-37)39-27-44-40-26-21-32(28-46(39)40)38-29-47(45-41(38)31-17-22-36(43)23-18-31)42(33-11-5-2-6-12-33,34-13-7-3-8-14-34)35-15-9-4-10-16-35/h2-15,17-29,35H,16H2,1H3. The Morgan fingerprint density at radius 1 is 0.729 bits per heavy atom. The number of rotatable bonds is 8. The third kappa shape index (κ3) is 5.19. The van der Waals surface area contributed by atoms with Crippen LogP contribution in [0, 0.1) is 11.7 Å². The highest BCUT2D eigenvalue weighted by Crippen LogP contribution is 2.46. The highest BCUT2D eigenvalue weighted by molar-refractivity contribution is 7.98. The number of imidazole rings is 1. The van der Waals surface area contributed by atoms with E-state index in [2.05, 4.69) is 149 Å². The smallest absolute Gasteiger partial charge is 0.137 e. The van der Waals surface area contributed by atoms with Crippen LogP contribution in [-0.2, 0) is 5.54 Å². The second kappa shape index (κ2) is 12.6. The summed E-state index contributed by atoms with van der Waals surface area (Å²) in [5.41, 5.74) is 8.15. The predicted octanol–water partition coefficient (Wildman–Crippen LogP) is 10.3. The van der Waals surface area contributed by atoms with Gasteiger partial charge in [0.2, 0.25) is 0 Å². The Kier molecular flexibility index (Phi) is 7.87. The molecule has 0 amide bonds. The molecule has 1 atom stereocenters. The highest BCUT2D eigenvalue weighted by Gasteiger charge is 2.44. The molecule has 1 unspecified atom stereocenters. The fourth-order valence-electron chi connectivity index (χ4n) is 7.01. The molecule has 234 valence electrons. The fourth-order valence-corrected chi connectivity index (χ4v) is 7.41. The lowest BCUT2D eigenvalue weighted by atomic mass is 9.70. The Labute approximate surface area is 283 Å². The van der Waals surface area contributed by atoms with Gasteiger partial charge in [-0.3, -0.25) is 9.08 Å². The summed E-state index contributed by atoms with van der Waals surface area (Å²) in [7, 11) is 0. The van der Waals surface area contributed by atoms with Gasteiger partial charge in [0, 0.05) is 45.5 Å². The SMILES string of the molecule is CSc1ccc(-c2cnc3ccc(-c4cn(C(c5ccccc5)(c5ccccc5)C5C=CC=CC5)nc4-c4ccc(F)cc4)cn23)cc1. The van der Waals surface area contributed by atoms with Crippen LogP contribution in [-0.4, -0.2) is 25.4 Å². The molecule has 3 heterocycles. The van der Waals surface area contributed by atoms with Crippen molar-refractivity contribution in [3.63, 3.8) is 0 Å².